The van der Waals surface area contributed by atoms with E-state index >= 15 is 0 Å². The second-order valence-electron chi connectivity index (χ2n) is 6.56. The predicted octanol–water partition coefficient (Wildman–Crippen LogP) is 3.56. The highest BCUT2D eigenvalue weighted by Crippen LogP contribution is 2.29. The summed E-state index contributed by atoms with van der Waals surface area (Å²) in [7, 11) is -3.72. The van der Waals surface area contributed by atoms with E-state index < -0.39 is 16.1 Å². The molecule has 1 atom stereocenters. The lowest BCUT2D eigenvalue weighted by atomic mass is 10.2. The Balaban J connectivity index is 1.43. The average molecular weight is 466 g/mol. The van der Waals surface area contributed by atoms with Gasteiger partial charge in [0.25, 0.3) is 0 Å². The van der Waals surface area contributed by atoms with E-state index in [1.807, 2.05) is 29.8 Å². The van der Waals surface area contributed by atoms with Crippen LogP contribution >= 0.6 is 34.4 Å². The van der Waals surface area contributed by atoms with Crippen molar-refractivity contribution in [1.29, 1.82) is 0 Å². The predicted molar refractivity (Wildman–Crippen MR) is 119 cm³/mol. The fraction of sp³-hybridized carbons (Fsp3) is 0.263. The normalized spacial score (nSPS) is 17.5. The van der Waals surface area contributed by atoms with Crippen molar-refractivity contribution in [2.24, 2.45) is 0 Å². The summed E-state index contributed by atoms with van der Waals surface area (Å²) < 4.78 is 27.3. The van der Waals surface area contributed by atoms with Gasteiger partial charge in [0, 0.05) is 11.1 Å². The lowest BCUT2D eigenvalue weighted by Gasteiger charge is -2.22. The molecule has 1 N–H and O–H groups in total. The first-order valence-electron chi connectivity index (χ1n) is 8.87. The maximum atomic E-state index is 13.0. The van der Waals surface area contributed by atoms with Gasteiger partial charge in [-0.15, -0.1) is 34.4 Å². The first kappa shape index (κ1) is 20.5. The molecule has 3 heterocycles. The molecule has 1 saturated heterocycles. The number of amides is 1. The summed E-state index contributed by atoms with van der Waals surface area (Å²) in [6, 6.07) is 9.96. The van der Waals surface area contributed by atoms with E-state index in [1.165, 1.54) is 27.4 Å². The van der Waals surface area contributed by atoms with Crippen LogP contribution < -0.4 is 5.32 Å². The van der Waals surface area contributed by atoms with Gasteiger partial charge in [-0.3, -0.25) is 4.79 Å². The van der Waals surface area contributed by atoms with Crippen molar-refractivity contribution in [3.63, 3.8) is 0 Å². The van der Waals surface area contributed by atoms with Gasteiger partial charge in [-0.2, -0.15) is 4.31 Å². The largest absolute Gasteiger partial charge is 0.349 e. The van der Waals surface area contributed by atoms with Gasteiger partial charge in [0.15, 0.2) is 0 Å². The highest BCUT2D eigenvalue weighted by molar-refractivity contribution is 8.00. The van der Waals surface area contributed by atoms with E-state index in [0.717, 1.165) is 21.1 Å². The zero-order valence-electron chi connectivity index (χ0n) is 15.6. The number of nitrogens with one attached hydrogen (secondary N) is 1. The Bertz CT molecular complexity index is 1090. The van der Waals surface area contributed by atoms with Gasteiger partial charge < -0.3 is 5.32 Å². The van der Waals surface area contributed by atoms with Crippen molar-refractivity contribution in [1.82, 2.24) is 14.6 Å². The number of thiazole rings is 1. The van der Waals surface area contributed by atoms with E-state index in [1.54, 1.807) is 35.6 Å². The van der Waals surface area contributed by atoms with Crippen LogP contribution in [0.1, 0.15) is 11.3 Å². The van der Waals surface area contributed by atoms with E-state index in [0.29, 0.717) is 5.75 Å². The number of aromatic nitrogens is 1. The molecule has 10 heteroatoms. The van der Waals surface area contributed by atoms with Crippen LogP contribution in [0.15, 0.2) is 52.1 Å². The van der Waals surface area contributed by atoms with Crippen molar-refractivity contribution in [3.8, 4) is 9.88 Å². The third-order valence-corrected chi connectivity index (χ3v) is 9.47. The van der Waals surface area contributed by atoms with Gasteiger partial charge in [-0.25, -0.2) is 13.4 Å². The molecule has 1 aliphatic rings. The molecule has 0 radical (unpaired) electrons. The first-order valence-corrected chi connectivity index (χ1v) is 13.2. The molecule has 2 aromatic heterocycles. The second kappa shape index (κ2) is 8.57. The number of thioether (sulfide) groups is 1. The molecule has 3 aromatic rings. The summed E-state index contributed by atoms with van der Waals surface area (Å²) >= 11 is 4.59. The maximum Gasteiger partial charge on any atom is 0.244 e. The number of carbonyl (C=O) groups is 1. The van der Waals surface area contributed by atoms with Crippen LogP contribution in [0, 0.1) is 6.92 Å². The van der Waals surface area contributed by atoms with Gasteiger partial charge in [-0.05, 0) is 30.5 Å². The Labute approximate surface area is 182 Å². The van der Waals surface area contributed by atoms with E-state index in [9.17, 15) is 13.2 Å². The number of aryl methyl sites for hydroxylation is 1. The lowest BCUT2D eigenvalue weighted by molar-refractivity contribution is -0.124. The minimum atomic E-state index is -3.72. The van der Waals surface area contributed by atoms with Crippen molar-refractivity contribution >= 4 is 50.4 Å². The monoisotopic (exact) mass is 465 g/mol. The van der Waals surface area contributed by atoms with Crippen molar-refractivity contribution in [3.05, 3.63) is 58.4 Å². The fourth-order valence-electron chi connectivity index (χ4n) is 2.91. The molecule has 0 bridgehead atoms. The smallest absolute Gasteiger partial charge is 0.244 e. The highest BCUT2D eigenvalue weighted by Gasteiger charge is 2.39. The quantitative estimate of drug-likeness (QED) is 0.602. The Morgan fingerprint density at radius 3 is 2.76 bits per heavy atom. The van der Waals surface area contributed by atoms with Gasteiger partial charge in [0.2, 0.25) is 15.9 Å². The lowest BCUT2D eigenvalue weighted by Crippen LogP contribution is -2.46. The summed E-state index contributed by atoms with van der Waals surface area (Å²) in [6.45, 7) is 2.18. The summed E-state index contributed by atoms with van der Waals surface area (Å²) in [4.78, 5) is 18.6. The van der Waals surface area contributed by atoms with Gasteiger partial charge in [0.1, 0.15) is 11.0 Å². The first-order chi connectivity index (χ1) is 13.9. The molecule has 0 spiro atoms. The minimum absolute atomic E-state index is 0.212. The molecule has 1 aromatic carbocycles. The number of sulfonamides is 1. The standard InChI is InChI=1S/C19H19N3O3S4/c1-13-4-6-15(7-5-13)29(24,25)22-12-26-11-16(22)18(23)20-9-14-10-28-19(21-14)17-3-2-8-27-17/h2-8,10,16H,9,11-12H2,1H3,(H,20,23). The summed E-state index contributed by atoms with van der Waals surface area (Å²) in [5.41, 5.74) is 1.75. The molecule has 152 valence electrons. The van der Waals surface area contributed by atoms with Crippen LogP contribution in [-0.2, 0) is 21.4 Å². The molecule has 29 heavy (non-hydrogen) atoms. The number of carbonyl (C=O) groups excluding carboxylic acids is 1. The van der Waals surface area contributed by atoms with Crippen LogP contribution in [0.3, 0.4) is 0 Å². The Morgan fingerprint density at radius 1 is 1.24 bits per heavy atom. The molecule has 6 nitrogen and oxygen atoms in total. The second-order valence-corrected chi connectivity index (χ2v) is 11.3. The summed E-state index contributed by atoms with van der Waals surface area (Å²) in [6.07, 6.45) is 0. The van der Waals surface area contributed by atoms with Crippen molar-refractivity contribution < 1.29 is 13.2 Å². The Kier molecular flexibility index (Phi) is 6.07. The fourth-order valence-corrected chi connectivity index (χ4v) is 7.70. The van der Waals surface area contributed by atoms with E-state index in [4.69, 9.17) is 0 Å². The molecule has 4 rings (SSSR count). The Morgan fingerprint density at radius 2 is 2.03 bits per heavy atom. The van der Waals surface area contributed by atoms with Crippen LogP contribution in [-0.4, -0.2) is 41.3 Å². The number of rotatable bonds is 6. The summed E-state index contributed by atoms with van der Waals surface area (Å²) in [5.74, 6) is 0.415. The van der Waals surface area contributed by atoms with Gasteiger partial charge in [0.05, 0.1) is 27.9 Å². The zero-order valence-corrected chi connectivity index (χ0v) is 18.8. The van der Waals surface area contributed by atoms with Crippen molar-refractivity contribution in [2.45, 2.75) is 24.4 Å². The number of nitrogens with zero attached hydrogens (tertiary/aromatic N) is 2. The van der Waals surface area contributed by atoms with E-state index in [-0.39, 0.29) is 23.2 Å². The van der Waals surface area contributed by atoms with Crippen LogP contribution in [0.4, 0.5) is 0 Å². The number of hydrogen-bond acceptors (Lipinski definition) is 7. The topological polar surface area (TPSA) is 79.4 Å². The molecule has 0 saturated carbocycles. The Hall–Kier alpha value is -1.72. The van der Waals surface area contributed by atoms with E-state index in [2.05, 4.69) is 10.3 Å². The number of thiophene rings is 1. The van der Waals surface area contributed by atoms with Crippen LogP contribution in [0.5, 0.6) is 0 Å². The molecule has 1 amide bonds. The molecule has 0 aliphatic carbocycles. The third kappa shape index (κ3) is 4.41. The van der Waals surface area contributed by atoms with Crippen LogP contribution in [0.2, 0.25) is 0 Å². The summed E-state index contributed by atoms with van der Waals surface area (Å²) in [5, 5.41) is 7.69. The van der Waals surface area contributed by atoms with Gasteiger partial charge in [-0.1, -0.05) is 23.8 Å². The third-order valence-electron chi connectivity index (χ3n) is 4.50. The zero-order chi connectivity index (χ0) is 20.4. The SMILES string of the molecule is Cc1ccc(S(=O)(=O)N2CSCC2C(=O)NCc2csc(-c3cccs3)n2)cc1. The molecular formula is C19H19N3O3S4. The van der Waals surface area contributed by atoms with Crippen molar-refractivity contribution in [2.75, 3.05) is 11.6 Å². The van der Waals surface area contributed by atoms with Crippen LogP contribution in [0.25, 0.3) is 9.88 Å². The van der Waals surface area contributed by atoms with Gasteiger partial charge >= 0.3 is 0 Å². The minimum Gasteiger partial charge on any atom is -0.349 e. The average Bonchev–Trinajstić information content (AvgIpc) is 3.47. The highest BCUT2D eigenvalue weighted by atomic mass is 32.2. The molecule has 1 aliphatic heterocycles. The number of hydrogen-bond donors (Lipinski definition) is 1. The molecule has 1 unspecified atom stereocenters. The maximum absolute atomic E-state index is 13.0. The number of benzene rings is 1. The molecular weight excluding hydrogens is 446 g/mol. The molecule has 1 fully saturated rings.